The number of hydrogen-bond donors (Lipinski definition) is 1. The highest BCUT2D eigenvalue weighted by atomic mass is 32.1. The zero-order valence-electron chi connectivity index (χ0n) is 16.5. The third-order valence-corrected chi connectivity index (χ3v) is 6.67. The van der Waals surface area contributed by atoms with Crippen molar-refractivity contribution in [2.45, 2.75) is 13.3 Å². The molecule has 0 aliphatic rings. The predicted molar refractivity (Wildman–Crippen MR) is 121 cm³/mol. The topological polar surface area (TPSA) is 85.8 Å². The summed E-state index contributed by atoms with van der Waals surface area (Å²) in [5.74, 6) is 0.879. The smallest absolute Gasteiger partial charge is 0.267 e. The summed E-state index contributed by atoms with van der Waals surface area (Å²) in [6.45, 7) is 1.84. The van der Waals surface area contributed by atoms with Crippen LogP contribution in [0.25, 0.3) is 15.8 Å². The summed E-state index contributed by atoms with van der Waals surface area (Å²) in [5, 5.41) is 9.80. The molecule has 0 atom stereocenters. The van der Waals surface area contributed by atoms with Gasteiger partial charge in [-0.1, -0.05) is 40.8 Å². The molecule has 1 N–H and O–H groups in total. The summed E-state index contributed by atoms with van der Waals surface area (Å²) >= 11 is 2.91. The van der Waals surface area contributed by atoms with Crippen LogP contribution >= 0.6 is 22.7 Å². The van der Waals surface area contributed by atoms with Crippen LogP contribution in [-0.2, 0) is 6.42 Å². The molecule has 0 bridgehead atoms. The number of para-hydroxylation sites is 1. The summed E-state index contributed by atoms with van der Waals surface area (Å²) < 4.78 is 7.31. The molecule has 0 spiro atoms. The van der Waals surface area contributed by atoms with Gasteiger partial charge in [0.25, 0.3) is 5.91 Å². The van der Waals surface area contributed by atoms with Crippen molar-refractivity contribution in [2.24, 2.45) is 0 Å². The minimum absolute atomic E-state index is 0.189. The Morgan fingerprint density at radius 2 is 1.94 bits per heavy atom. The summed E-state index contributed by atoms with van der Waals surface area (Å²) in [5.41, 5.74) is 2.30. The zero-order valence-corrected chi connectivity index (χ0v) is 18.1. The zero-order chi connectivity index (χ0) is 21.2. The SMILES string of the molecule is Cc1nc(-n2cccc2)sc1C(=O)Nc1ccccc1Cc1nc(-c2cccs2)no1. The number of hydrogen-bond acceptors (Lipinski definition) is 7. The fraction of sp³-hybridized carbons (Fsp3) is 0.0909. The van der Waals surface area contributed by atoms with Crippen LogP contribution in [0.1, 0.15) is 26.8 Å². The number of benzene rings is 1. The first kappa shape index (κ1) is 19.4. The van der Waals surface area contributed by atoms with Crippen molar-refractivity contribution in [1.29, 1.82) is 0 Å². The van der Waals surface area contributed by atoms with Gasteiger partial charge in [0.15, 0.2) is 5.13 Å². The van der Waals surface area contributed by atoms with Gasteiger partial charge in [-0.05, 0) is 42.1 Å². The van der Waals surface area contributed by atoms with Gasteiger partial charge in [0, 0.05) is 18.1 Å². The Morgan fingerprint density at radius 3 is 2.74 bits per heavy atom. The molecule has 154 valence electrons. The van der Waals surface area contributed by atoms with Gasteiger partial charge in [-0.3, -0.25) is 4.79 Å². The number of amides is 1. The van der Waals surface area contributed by atoms with Crippen molar-refractivity contribution >= 4 is 34.3 Å². The van der Waals surface area contributed by atoms with Gasteiger partial charge in [0.2, 0.25) is 11.7 Å². The molecule has 4 aromatic heterocycles. The predicted octanol–water partition coefficient (Wildman–Crippen LogP) is 5.20. The number of carbonyl (C=O) groups is 1. The largest absolute Gasteiger partial charge is 0.339 e. The van der Waals surface area contributed by atoms with E-state index in [2.05, 4.69) is 20.4 Å². The van der Waals surface area contributed by atoms with E-state index in [0.29, 0.717) is 34.4 Å². The third kappa shape index (κ3) is 4.05. The van der Waals surface area contributed by atoms with E-state index in [0.717, 1.165) is 15.6 Å². The number of aromatic nitrogens is 4. The lowest BCUT2D eigenvalue weighted by Crippen LogP contribution is -2.13. The number of nitrogens with one attached hydrogen (secondary N) is 1. The molecule has 0 fully saturated rings. The van der Waals surface area contributed by atoms with Crippen LogP contribution in [0.15, 0.2) is 70.8 Å². The van der Waals surface area contributed by atoms with Crippen molar-refractivity contribution in [3.8, 4) is 15.8 Å². The van der Waals surface area contributed by atoms with E-state index in [1.807, 2.05) is 77.8 Å². The highest BCUT2D eigenvalue weighted by Gasteiger charge is 2.18. The Balaban J connectivity index is 1.36. The second-order valence-electron chi connectivity index (χ2n) is 6.78. The Labute approximate surface area is 186 Å². The average molecular weight is 448 g/mol. The lowest BCUT2D eigenvalue weighted by molar-refractivity contribution is 0.102. The molecule has 0 saturated carbocycles. The van der Waals surface area contributed by atoms with Crippen LogP contribution in [0.5, 0.6) is 0 Å². The van der Waals surface area contributed by atoms with Gasteiger partial charge < -0.3 is 14.4 Å². The van der Waals surface area contributed by atoms with Crippen LogP contribution in [0.3, 0.4) is 0 Å². The van der Waals surface area contributed by atoms with E-state index in [-0.39, 0.29) is 5.91 Å². The summed E-state index contributed by atoms with van der Waals surface area (Å²) in [4.78, 5) is 23.5. The first-order chi connectivity index (χ1) is 15.2. The highest BCUT2D eigenvalue weighted by molar-refractivity contribution is 7.16. The third-order valence-electron chi connectivity index (χ3n) is 4.63. The molecule has 5 rings (SSSR count). The molecule has 31 heavy (non-hydrogen) atoms. The van der Waals surface area contributed by atoms with E-state index in [4.69, 9.17) is 4.52 Å². The first-order valence-electron chi connectivity index (χ1n) is 9.54. The number of thiazole rings is 1. The van der Waals surface area contributed by atoms with Crippen LogP contribution in [0, 0.1) is 6.92 Å². The molecule has 5 aromatic rings. The maximum absolute atomic E-state index is 13.0. The molecule has 4 heterocycles. The van der Waals surface area contributed by atoms with Crippen molar-refractivity contribution in [3.05, 3.63) is 88.3 Å². The van der Waals surface area contributed by atoms with Crippen molar-refractivity contribution in [2.75, 3.05) is 5.32 Å². The maximum Gasteiger partial charge on any atom is 0.267 e. The normalized spacial score (nSPS) is 11.0. The van der Waals surface area contributed by atoms with Gasteiger partial charge in [0.1, 0.15) is 4.88 Å². The van der Waals surface area contributed by atoms with Gasteiger partial charge in [-0.2, -0.15) is 4.98 Å². The number of rotatable bonds is 6. The van der Waals surface area contributed by atoms with E-state index < -0.39 is 0 Å². The van der Waals surface area contributed by atoms with Crippen molar-refractivity contribution < 1.29 is 9.32 Å². The fourth-order valence-corrected chi connectivity index (χ4v) is 4.71. The maximum atomic E-state index is 13.0. The lowest BCUT2D eigenvalue weighted by Gasteiger charge is -2.09. The molecule has 7 nitrogen and oxygen atoms in total. The standard InChI is InChI=1S/C22H17N5O2S2/c1-14-19(31-22(23-14)27-10-4-5-11-27)21(28)24-16-8-3-2-7-15(16)13-18-25-20(26-29-18)17-9-6-12-30-17/h2-12H,13H2,1H3,(H,24,28). The molecule has 0 aliphatic carbocycles. The summed E-state index contributed by atoms with van der Waals surface area (Å²) in [7, 11) is 0. The van der Waals surface area contributed by atoms with E-state index in [1.165, 1.54) is 11.3 Å². The fourth-order valence-electron chi connectivity index (χ4n) is 3.14. The first-order valence-corrected chi connectivity index (χ1v) is 11.2. The summed E-state index contributed by atoms with van der Waals surface area (Å²) in [6.07, 6.45) is 4.24. The Morgan fingerprint density at radius 1 is 1.10 bits per heavy atom. The van der Waals surface area contributed by atoms with Crippen LogP contribution in [-0.4, -0.2) is 25.6 Å². The minimum Gasteiger partial charge on any atom is -0.339 e. The Hall–Kier alpha value is -3.56. The monoisotopic (exact) mass is 447 g/mol. The van der Waals surface area contributed by atoms with E-state index >= 15 is 0 Å². The van der Waals surface area contributed by atoms with Crippen molar-refractivity contribution in [1.82, 2.24) is 19.7 Å². The molecule has 0 radical (unpaired) electrons. The van der Waals surface area contributed by atoms with Crippen molar-refractivity contribution in [3.63, 3.8) is 0 Å². The van der Waals surface area contributed by atoms with E-state index in [9.17, 15) is 4.79 Å². The minimum atomic E-state index is -0.189. The van der Waals surface area contributed by atoms with Crippen LogP contribution in [0.4, 0.5) is 5.69 Å². The highest BCUT2D eigenvalue weighted by Crippen LogP contribution is 2.26. The molecule has 0 saturated heterocycles. The number of nitrogens with zero attached hydrogens (tertiary/aromatic N) is 4. The number of carbonyl (C=O) groups excluding carboxylic acids is 1. The van der Waals surface area contributed by atoms with Crippen LogP contribution < -0.4 is 5.32 Å². The average Bonchev–Trinajstić information content (AvgIpc) is 3.56. The van der Waals surface area contributed by atoms with E-state index in [1.54, 1.807) is 11.3 Å². The molecule has 1 aromatic carbocycles. The Kier molecular flexibility index (Phi) is 5.19. The second kappa shape index (κ2) is 8.29. The molecule has 0 aliphatic heterocycles. The number of anilines is 1. The Bertz CT molecular complexity index is 1320. The number of thiophene rings is 1. The quantitative estimate of drug-likeness (QED) is 0.387. The van der Waals surface area contributed by atoms with Gasteiger partial charge in [-0.15, -0.1) is 11.3 Å². The van der Waals surface area contributed by atoms with Gasteiger partial charge in [-0.25, -0.2) is 4.98 Å². The lowest BCUT2D eigenvalue weighted by atomic mass is 10.1. The van der Waals surface area contributed by atoms with Gasteiger partial charge >= 0.3 is 0 Å². The molecular formula is C22H17N5O2S2. The molecule has 0 unspecified atom stereocenters. The molecule has 9 heteroatoms. The molecule has 1 amide bonds. The van der Waals surface area contributed by atoms with Crippen LogP contribution in [0.2, 0.25) is 0 Å². The van der Waals surface area contributed by atoms with Gasteiger partial charge in [0.05, 0.1) is 17.0 Å². The summed E-state index contributed by atoms with van der Waals surface area (Å²) in [6, 6.07) is 15.4. The number of aryl methyl sites for hydroxylation is 1. The molecular weight excluding hydrogens is 430 g/mol. The second-order valence-corrected chi connectivity index (χ2v) is 8.70.